The molecule has 3 heterocycles. The van der Waals surface area contributed by atoms with E-state index >= 15 is 0 Å². The number of amides is 1. The summed E-state index contributed by atoms with van der Waals surface area (Å²) in [5.74, 6) is 1.57. The molecule has 2 aromatic carbocycles. The molecule has 1 saturated heterocycles. The monoisotopic (exact) mass is 483 g/mol. The highest BCUT2D eigenvalue weighted by molar-refractivity contribution is 5.88. The van der Waals surface area contributed by atoms with Crippen LogP contribution in [0.1, 0.15) is 49.2 Å². The van der Waals surface area contributed by atoms with Crippen molar-refractivity contribution < 1.29 is 9.90 Å². The highest BCUT2D eigenvalue weighted by Crippen LogP contribution is 2.35. The number of rotatable bonds is 8. The summed E-state index contributed by atoms with van der Waals surface area (Å²) < 4.78 is 2.35. The van der Waals surface area contributed by atoms with Crippen LogP contribution in [-0.4, -0.2) is 50.1 Å². The number of likely N-dealkylation sites (tertiary alicyclic amines) is 1. The number of nitrogens with zero attached hydrogens (tertiary/aromatic N) is 4. The summed E-state index contributed by atoms with van der Waals surface area (Å²) in [5, 5.41) is 13.2. The van der Waals surface area contributed by atoms with Gasteiger partial charge in [-0.05, 0) is 92.8 Å². The zero-order valence-corrected chi connectivity index (χ0v) is 20.7. The van der Waals surface area contributed by atoms with Gasteiger partial charge in [-0.15, -0.1) is 0 Å². The van der Waals surface area contributed by atoms with Gasteiger partial charge >= 0.3 is 0 Å². The highest BCUT2D eigenvalue weighted by Gasteiger charge is 2.23. The number of imidazole rings is 1. The lowest BCUT2D eigenvalue weighted by atomic mass is 9.88. The van der Waals surface area contributed by atoms with E-state index in [1.165, 1.54) is 12.4 Å². The number of aromatic nitrogens is 3. The third kappa shape index (κ3) is 5.57. The van der Waals surface area contributed by atoms with E-state index in [9.17, 15) is 9.90 Å². The number of carbonyl (C=O) groups is 1. The Bertz CT molecular complexity index is 1330. The zero-order chi connectivity index (χ0) is 24.9. The Labute approximate surface area is 211 Å². The summed E-state index contributed by atoms with van der Waals surface area (Å²) in [7, 11) is 0. The van der Waals surface area contributed by atoms with E-state index in [2.05, 4.69) is 44.0 Å². The number of hydrogen-bond donors (Lipinski definition) is 2. The molecule has 0 spiro atoms. The normalized spacial score (nSPS) is 14.8. The van der Waals surface area contributed by atoms with Crippen molar-refractivity contribution in [1.29, 1.82) is 0 Å². The number of aromatic hydroxyl groups is 1. The Kier molecular flexibility index (Phi) is 7.28. The molecule has 0 bridgehead atoms. The van der Waals surface area contributed by atoms with Crippen LogP contribution in [0.2, 0.25) is 0 Å². The maximum absolute atomic E-state index is 11.4. The Morgan fingerprint density at radius 1 is 1.06 bits per heavy atom. The summed E-state index contributed by atoms with van der Waals surface area (Å²) in [6.45, 7) is 5.45. The number of hydrogen-bond acceptors (Lipinski definition) is 5. The fraction of sp³-hybridized carbons (Fsp3) is 0.345. The lowest BCUT2D eigenvalue weighted by Crippen LogP contribution is -2.34. The largest absolute Gasteiger partial charge is 0.508 e. The number of pyridine rings is 1. The summed E-state index contributed by atoms with van der Waals surface area (Å²) in [4.78, 5) is 23.3. The van der Waals surface area contributed by atoms with Crippen molar-refractivity contribution >= 4 is 22.6 Å². The minimum Gasteiger partial charge on any atom is -0.508 e. The maximum Gasteiger partial charge on any atom is 0.221 e. The molecule has 0 unspecified atom stereocenters. The van der Waals surface area contributed by atoms with E-state index in [0.29, 0.717) is 11.7 Å². The van der Waals surface area contributed by atoms with Crippen molar-refractivity contribution in [1.82, 2.24) is 19.4 Å². The van der Waals surface area contributed by atoms with Crippen molar-refractivity contribution in [3.8, 4) is 5.75 Å². The lowest BCUT2D eigenvalue weighted by molar-refractivity contribution is -0.114. The van der Waals surface area contributed by atoms with Gasteiger partial charge < -0.3 is 19.9 Å². The highest BCUT2D eigenvalue weighted by atomic mass is 16.3. The van der Waals surface area contributed by atoms with E-state index in [1.54, 1.807) is 12.1 Å². The van der Waals surface area contributed by atoms with Crippen LogP contribution >= 0.6 is 0 Å². The van der Waals surface area contributed by atoms with Crippen LogP contribution in [0.5, 0.6) is 5.75 Å². The molecule has 4 aromatic rings. The van der Waals surface area contributed by atoms with Crippen molar-refractivity contribution in [3.63, 3.8) is 0 Å². The first kappa shape index (κ1) is 24.0. The van der Waals surface area contributed by atoms with Gasteiger partial charge in [0.15, 0.2) is 0 Å². The molecule has 0 atom stereocenters. The number of anilines is 1. The molecule has 0 aliphatic carbocycles. The minimum atomic E-state index is -0.102. The molecule has 186 valence electrons. The Morgan fingerprint density at radius 2 is 1.86 bits per heavy atom. The maximum atomic E-state index is 11.4. The van der Waals surface area contributed by atoms with Crippen molar-refractivity contribution in [2.75, 3.05) is 25.0 Å². The number of para-hydroxylation sites is 2. The summed E-state index contributed by atoms with van der Waals surface area (Å²) in [6.07, 6.45) is 5.60. The van der Waals surface area contributed by atoms with Crippen LogP contribution in [-0.2, 0) is 17.8 Å². The second-order valence-electron chi connectivity index (χ2n) is 9.59. The second-order valence-corrected chi connectivity index (χ2v) is 9.59. The van der Waals surface area contributed by atoms with Crippen molar-refractivity contribution in [2.45, 2.75) is 45.1 Å². The van der Waals surface area contributed by atoms with Gasteiger partial charge in [-0.3, -0.25) is 9.78 Å². The van der Waals surface area contributed by atoms with E-state index in [-0.39, 0.29) is 5.91 Å². The Hall–Kier alpha value is -3.71. The molecule has 7 nitrogen and oxygen atoms in total. The Balaban J connectivity index is 1.19. The first-order chi connectivity index (χ1) is 17.6. The van der Waals surface area contributed by atoms with Gasteiger partial charge in [-0.2, -0.15) is 0 Å². The van der Waals surface area contributed by atoms with Crippen LogP contribution in [0, 0.1) is 0 Å². The quantitative estimate of drug-likeness (QED) is 0.346. The number of benzene rings is 2. The summed E-state index contributed by atoms with van der Waals surface area (Å²) in [6, 6.07) is 19.7. The number of phenols is 1. The van der Waals surface area contributed by atoms with Crippen LogP contribution in [0.4, 0.5) is 5.69 Å². The first-order valence-electron chi connectivity index (χ1n) is 12.7. The average molecular weight is 484 g/mol. The van der Waals surface area contributed by atoms with E-state index in [1.807, 2.05) is 30.5 Å². The third-order valence-corrected chi connectivity index (χ3v) is 7.03. The van der Waals surface area contributed by atoms with Gasteiger partial charge in [0, 0.05) is 37.5 Å². The number of carbonyl (C=O) groups excluding carboxylic acids is 1. The second kappa shape index (κ2) is 10.9. The summed E-state index contributed by atoms with van der Waals surface area (Å²) >= 11 is 0. The molecule has 1 amide bonds. The predicted octanol–water partition coefficient (Wildman–Crippen LogP) is 4.96. The number of fused-ring (bicyclic) bond motifs is 1. The molecule has 2 N–H and O–H groups in total. The molecule has 0 saturated carbocycles. The van der Waals surface area contributed by atoms with Crippen molar-refractivity contribution in [3.05, 3.63) is 83.9 Å². The fourth-order valence-corrected chi connectivity index (χ4v) is 5.26. The average Bonchev–Trinajstić information content (AvgIpc) is 3.23. The van der Waals surface area contributed by atoms with Gasteiger partial charge in [0.25, 0.3) is 0 Å². The lowest BCUT2D eigenvalue weighted by Gasteiger charge is -2.32. The number of aryl methyl sites for hydroxylation is 1. The van der Waals surface area contributed by atoms with E-state index in [4.69, 9.17) is 4.98 Å². The molecule has 1 aliphatic rings. The van der Waals surface area contributed by atoms with Crippen LogP contribution in [0.3, 0.4) is 0 Å². The molecule has 5 rings (SSSR count). The molecule has 7 heteroatoms. The van der Waals surface area contributed by atoms with E-state index < -0.39 is 0 Å². The van der Waals surface area contributed by atoms with Crippen LogP contribution < -0.4 is 5.32 Å². The van der Waals surface area contributed by atoms with Crippen LogP contribution in [0.15, 0.2) is 66.9 Å². The zero-order valence-electron chi connectivity index (χ0n) is 20.7. The first-order valence-corrected chi connectivity index (χ1v) is 12.7. The van der Waals surface area contributed by atoms with Gasteiger partial charge in [0.05, 0.1) is 11.0 Å². The molecular formula is C29H33N5O2. The topological polar surface area (TPSA) is 83.3 Å². The van der Waals surface area contributed by atoms with E-state index in [0.717, 1.165) is 80.1 Å². The van der Waals surface area contributed by atoms with Crippen molar-refractivity contribution in [2.24, 2.45) is 0 Å². The van der Waals surface area contributed by atoms with Gasteiger partial charge in [0.1, 0.15) is 11.6 Å². The van der Waals surface area contributed by atoms with Gasteiger partial charge in [-0.1, -0.05) is 18.2 Å². The van der Waals surface area contributed by atoms with Gasteiger partial charge in [0.2, 0.25) is 5.91 Å². The van der Waals surface area contributed by atoms with Crippen LogP contribution in [0.25, 0.3) is 11.0 Å². The number of piperidine rings is 1. The van der Waals surface area contributed by atoms with Gasteiger partial charge in [-0.25, -0.2) is 4.98 Å². The molecule has 1 fully saturated rings. The minimum absolute atomic E-state index is 0.102. The molecule has 0 radical (unpaired) electrons. The summed E-state index contributed by atoms with van der Waals surface area (Å²) in [5.41, 5.74) is 4.92. The molecule has 2 aromatic heterocycles. The standard InChI is InChI=1S/C29H33N5O2/c1-21(35)31-24-10-11-28(36)25(19-24)22-12-17-33(18-13-22)15-6-16-34-27-9-3-2-8-26(27)32-29(34)20-23-7-4-5-14-30-23/h2-5,7-11,14,19,22,36H,6,12-13,15-18,20H2,1H3,(H,31,35). The Morgan fingerprint density at radius 3 is 2.64 bits per heavy atom. The SMILES string of the molecule is CC(=O)Nc1ccc(O)c(C2CCN(CCCn3c(Cc4ccccn4)nc4ccccc43)CC2)c1. The number of phenolic OH excluding ortho intramolecular Hbond substituents is 1. The smallest absolute Gasteiger partial charge is 0.221 e. The fourth-order valence-electron chi connectivity index (χ4n) is 5.26. The molecule has 36 heavy (non-hydrogen) atoms. The molecular weight excluding hydrogens is 450 g/mol. The molecule has 1 aliphatic heterocycles. The third-order valence-electron chi connectivity index (χ3n) is 7.03. The number of nitrogens with one attached hydrogen (secondary N) is 1. The predicted molar refractivity (Wildman–Crippen MR) is 142 cm³/mol.